The van der Waals surface area contributed by atoms with Crippen LogP contribution in [0.15, 0.2) is 18.2 Å². The lowest BCUT2D eigenvalue weighted by molar-refractivity contribution is -0.139. The van der Waals surface area contributed by atoms with Gasteiger partial charge in [-0.05, 0) is 57.4 Å². The van der Waals surface area contributed by atoms with Crippen LogP contribution >= 0.6 is 23.2 Å². The first kappa shape index (κ1) is 18.6. The van der Waals surface area contributed by atoms with Crippen LogP contribution in [0, 0.1) is 0 Å². The molecule has 22 heavy (non-hydrogen) atoms. The zero-order chi connectivity index (χ0) is 16.9. The highest BCUT2D eigenvalue weighted by Gasteiger charge is 2.24. The predicted molar refractivity (Wildman–Crippen MR) is 85.6 cm³/mol. The highest BCUT2D eigenvalue weighted by Crippen LogP contribution is 2.22. The van der Waals surface area contributed by atoms with Crippen molar-refractivity contribution in [3.63, 3.8) is 0 Å². The number of amides is 1. The highest BCUT2D eigenvalue weighted by atomic mass is 35.5. The van der Waals surface area contributed by atoms with E-state index in [0.717, 1.165) is 5.56 Å². The first-order chi connectivity index (χ1) is 10.1. The lowest BCUT2D eigenvalue weighted by atomic mass is 10.1. The van der Waals surface area contributed by atoms with E-state index in [9.17, 15) is 14.7 Å². The summed E-state index contributed by atoms with van der Waals surface area (Å²) in [5, 5.41) is 12.6. The molecule has 0 aliphatic rings. The summed E-state index contributed by atoms with van der Waals surface area (Å²) in [5.74, 6) is -1.14. The van der Waals surface area contributed by atoms with Crippen molar-refractivity contribution in [1.82, 2.24) is 5.32 Å². The molecular formula is C15H19Cl2NO4. The molecule has 1 unspecified atom stereocenters. The lowest BCUT2D eigenvalue weighted by Gasteiger charge is -2.22. The summed E-state index contributed by atoms with van der Waals surface area (Å²) in [5.41, 5.74) is 0.0371. The Kier molecular flexibility index (Phi) is 6.50. The maximum absolute atomic E-state index is 11.7. The summed E-state index contributed by atoms with van der Waals surface area (Å²) in [6.07, 6.45) is -0.224. The number of alkyl carbamates (subject to hydrolysis) is 1. The number of carbonyl (C=O) groups excluding carboxylic acids is 1. The highest BCUT2D eigenvalue weighted by molar-refractivity contribution is 6.33. The van der Waals surface area contributed by atoms with Crippen LogP contribution in [0.3, 0.4) is 0 Å². The molecule has 0 saturated heterocycles. The molecule has 122 valence electrons. The fourth-order valence-electron chi connectivity index (χ4n) is 1.74. The van der Waals surface area contributed by atoms with Gasteiger partial charge in [0.25, 0.3) is 0 Å². The Bertz CT molecular complexity index is 555. The molecule has 0 saturated carbocycles. The van der Waals surface area contributed by atoms with Crippen molar-refractivity contribution in [2.75, 3.05) is 0 Å². The maximum atomic E-state index is 11.7. The molecule has 1 amide bonds. The Labute approximate surface area is 139 Å². The molecule has 1 atom stereocenters. The molecule has 1 rings (SSSR count). The number of nitrogens with one attached hydrogen (secondary N) is 1. The minimum absolute atomic E-state index is 0.175. The van der Waals surface area contributed by atoms with E-state index in [1.165, 1.54) is 0 Å². The molecule has 2 N–H and O–H groups in total. The fraction of sp³-hybridized carbons (Fsp3) is 0.467. The van der Waals surface area contributed by atoms with E-state index in [2.05, 4.69) is 5.32 Å². The Morgan fingerprint density at radius 1 is 1.32 bits per heavy atom. The quantitative estimate of drug-likeness (QED) is 0.846. The van der Waals surface area contributed by atoms with E-state index in [1.54, 1.807) is 39.0 Å². The molecule has 0 radical (unpaired) electrons. The molecule has 1 aromatic rings. The van der Waals surface area contributed by atoms with Crippen LogP contribution in [0.4, 0.5) is 4.79 Å². The summed E-state index contributed by atoms with van der Waals surface area (Å²) in [4.78, 5) is 22.9. The number of carboxylic acid groups (broad SMARTS) is 1. The van der Waals surface area contributed by atoms with Gasteiger partial charge in [0.1, 0.15) is 11.6 Å². The smallest absolute Gasteiger partial charge is 0.408 e. The van der Waals surface area contributed by atoms with Gasteiger partial charge in [-0.25, -0.2) is 9.59 Å². The van der Waals surface area contributed by atoms with Crippen LogP contribution < -0.4 is 5.32 Å². The predicted octanol–water partition coefficient (Wildman–Crippen LogP) is 3.90. The normalized spacial score (nSPS) is 12.6. The molecule has 0 aromatic heterocycles. The first-order valence-electron chi connectivity index (χ1n) is 6.75. The molecule has 0 aliphatic heterocycles. The van der Waals surface area contributed by atoms with E-state index < -0.39 is 23.7 Å². The van der Waals surface area contributed by atoms with Gasteiger partial charge < -0.3 is 15.2 Å². The van der Waals surface area contributed by atoms with Crippen LogP contribution in [0.1, 0.15) is 32.8 Å². The van der Waals surface area contributed by atoms with Gasteiger partial charge in [0.2, 0.25) is 0 Å². The van der Waals surface area contributed by atoms with Crippen molar-refractivity contribution in [2.45, 2.75) is 45.3 Å². The third-order valence-corrected chi connectivity index (χ3v) is 3.30. The maximum Gasteiger partial charge on any atom is 0.408 e. The zero-order valence-electron chi connectivity index (χ0n) is 12.7. The second-order valence-electron chi connectivity index (χ2n) is 5.81. The molecule has 0 heterocycles. The standard InChI is InChI=1S/C15H19Cl2NO4/c1-15(2,3)22-14(21)18-12(13(19)20)7-4-9-8-10(16)5-6-11(9)17/h5-6,8,12H,4,7H2,1-3H3,(H,18,21)(H,19,20). The van der Waals surface area contributed by atoms with Crippen LogP contribution in [-0.2, 0) is 16.0 Å². The van der Waals surface area contributed by atoms with Crippen molar-refractivity contribution < 1.29 is 19.4 Å². The van der Waals surface area contributed by atoms with Crippen LogP contribution in [-0.4, -0.2) is 28.8 Å². The van der Waals surface area contributed by atoms with Crippen molar-refractivity contribution >= 4 is 35.3 Å². The third-order valence-electron chi connectivity index (χ3n) is 2.70. The largest absolute Gasteiger partial charge is 0.480 e. The molecular weight excluding hydrogens is 329 g/mol. The number of aliphatic carboxylic acids is 1. The van der Waals surface area contributed by atoms with E-state index >= 15 is 0 Å². The number of hydrogen-bond donors (Lipinski definition) is 2. The van der Waals surface area contributed by atoms with Gasteiger partial charge in [0.05, 0.1) is 0 Å². The van der Waals surface area contributed by atoms with E-state index in [0.29, 0.717) is 16.5 Å². The van der Waals surface area contributed by atoms with Gasteiger partial charge in [-0.1, -0.05) is 23.2 Å². The number of hydrogen-bond acceptors (Lipinski definition) is 3. The number of halogens is 2. The van der Waals surface area contributed by atoms with Crippen LogP contribution in [0.5, 0.6) is 0 Å². The molecule has 5 nitrogen and oxygen atoms in total. The van der Waals surface area contributed by atoms with E-state index in [4.69, 9.17) is 27.9 Å². The van der Waals surface area contributed by atoms with Gasteiger partial charge >= 0.3 is 12.1 Å². The van der Waals surface area contributed by atoms with Gasteiger partial charge in [0, 0.05) is 10.0 Å². The second kappa shape index (κ2) is 7.70. The molecule has 1 aromatic carbocycles. The van der Waals surface area contributed by atoms with Gasteiger partial charge in [0.15, 0.2) is 0 Å². The second-order valence-corrected chi connectivity index (χ2v) is 6.66. The molecule has 0 spiro atoms. The fourth-order valence-corrected chi connectivity index (χ4v) is 2.15. The summed E-state index contributed by atoms with van der Waals surface area (Å²) >= 11 is 11.9. The third kappa shape index (κ3) is 6.54. The number of ether oxygens (including phenoxy) is 1. The monoisotopic (exact) mass is 347 g/mol. The van der Waals surface area contributed by atoms with Crippen molar-refractivity contribution in [2.24, 2.45) is 0 Å². The van der Waals surface area contributed by atoms with Crippen molar-refractivity contribution in [3.05, 3.63) is 33.8 Å². The summed E-state index contributed by atoms with van der Waals surface area (Å²) in [7, 11) is 0. The lowest BCUT2D eigenvalue weighted by Crippen LogP contribution is -2.43. The number of benzene rings is 1. The Morgan fingerprint density at radius 3 is 2.50 bits per heavy atom. The number of carbonyl (C=O) groups is 2. The Balaban J connectivity index is 2.67. The zero-order valence-corrected chi connectivity index (χ0v) is 14.2. The van der Waals surface area contributed by atoms with E-state index in [1.807, 2.05) is 0 Å². The minimum Gasteiger partial charge on any atom is -0.480 e. The average Bonchev–Trinajstić information content (AvgIpc) is 2.35. The van der Waals surface area contributed by atoms with Gasteiger partial charge in [-0.2, -0.15) is 0 Å². The average molecular weight is 348 g/mol. The summed E-state index contributed by atoms with van der Waals surface area (Å²) in [6.45, 7) is 5.11. The van der Waals surface area contributed by atoms with Crippen LogP contribution in [0.25, 0.3) is 0 Å². The summed E-state index contributed by atoms with van der Waals surface area (Å²) in [6, 6.07) is 3.91. The van der Waals surface area contributed by atoms with E-state index in [-0.39, 0.29) is 6.42 Å². The summed E-state index contributed by atoms with van der Waals surface area (Å²) < 4.78 is 5.05. The first-order valence-corrected chi connectivity index (χ1v) is 7.50. The van der Waals surface area contributed by atoms with Gasteiger partial charge in [-0.3, -0.25) is 0 Å². The molecule has 0 fully saturated rings. The van der Waals surface area contributed by atoms with Crippen molar-refractivity contribution in [1.29, 1.82) is 0 Å². The number of aryl methyl sites for hydroxylation is 1. The van der Waals surface area contributed by atoms with Gasteiger partial charge in [-0.15, -0.1) is 0 Å². The Morgan fingerprint density at radius 2 is 1.95 bits per heavy atom. The van der Waals surface area contributed by atoms with Crippen LogP contribution in [0.2, 0.25) is 10.0 Å². The topological polar surface area (TPSA) is 75.6 Å². The Hall–Kier alpha value is -1.46. The SMILES string of the molecule is CC(C)(C)OC(=O)NC(CCc1cc(Cl)ccc1Cl)C(=O)O. The minimum atomic E-state index is -1.14. The molecule has 0 aliphatic carbocycles. The number of carboxylic acids is 1. The molecule has 0 bridgehead atoms. The molecule has 7 heteroatoms. The number of rotatable bonds is 5. The van der Waals surface area contributed by atoms with Crippen molar-refractivity contribution in [3.8, 4) is 0 Å².